The number of aliphatic hydroxyl groups is 1. The Morgan fingerprint density at radius 1 is 1.32 bits per heavy atom. The van der Waals surface area contributed by atoms with Crippen LogP contribution in [0.1, 0.15) is 25.3 Å². The summed E-state index contributed by atoms with van der Waals surface area (Å²) in [5.74, 6) is 0.217. The van der Waals surface area contributed by atoms with Crippen LogP contribution in [0.15, 0.2) is 24.3 Å². The maximum Gasteiger partial charge on any atom is 0.317 e. The number of benzene rings is 1. The number of aryl methyl sites for hydroxylation is 1. The average molecular weight is 349 g/mol. The third-order valence-electron chi connectivity index (χ3n) is 4.25. The van der Waals surface area contributed by atoms with Crippen molar-refractivity contribution in [3.63, 3.8) is 0 Å². The van der Waals surface area contributed by atoms with Crippen molar-refractivity contribution in [3.8, 4) is 5.75 Å². The molecule has 7 heteroatoms. The second-order valence-corrected chi connectivity index (χ2v) is 6.20. The number of hydrogen-bond donors (Lipinski definition) is 3. The third-order valence-corrected chi connectivity index (χ3v) is 4.25. The lowest BCUT2D eigenvalue weighted by molar-refractivity contribution is -0.131. The van der Waals surface area contributed by atoms with E-state index in [1.54, 1.807) is 11.0 Å². The summed E-state index contributed by atoms with van der Waals surface area (Å²) >= 11 is 0. The second kappa shape index (κ2) is 9.27. The van der Waals surface area contributed by atoms with Crippen LogP contribution >= 0.6 is 0 Å². The lowest BCUT2D eigenvalue weighted by Crippen LogP contribution is -2.51. The number of nitrogens with one attached hydrogen (secondary N) is 2. The molecule has 0 radical (unpaired) electrons. The Bertz CT molecular complexity index is 585. The van der Waals surface area contributed by atoms with Crippen molar-refractivity contribution in [2.75, 3.05) is 26.2 Å². The largest absolute Gasteiger partial charge is 0.490 e. The fourth-order valence-corrected chi connectivity index (χ4v) is 2.75. The summed E-state index contributed by atoms with van der Waals surface area (Å²) in [6.45, 7) is 5.48. The molecule has 3 amide bonds. The fourth-order valence-electron chi connectivity index (χ4n) is 2.75. The van der Waals surface area contributed by atoms with Gasteiger partial charge in [-0.05, 0) is 38.3 Å². The molecule has 2 rings (SSSR count). The Labute approximate surface area is 148 Å². The number of urea groups is 1. The molecule has 1 aliphatic rings. The molecule has 138 valence electrons. The average Bonchev–Trinajstić information content (AvgIpc) is 2.61. The van der Waals surface area contributed by atoms with E-state index in [9.17, 15) is 14.7 Å². The van der Waals surface area contributed by atoms with E-state index in [0.29, 0.717) is 38.2 Å². The van der Waals surface area contributed by atoms with Gasteiger partial charge < -0.3 is 25.4 Å². The molecule has 3 N–H and O–H groups in total. The standard InChI is InChI=1S/C18H27N3O4/c1-3-19-18(24)21-10-8-14(9-11-21)20-17(23)15(22)12-25-16-7-5-4-6-13(16)2/h4-7,14-15,22H,3,8-12H2,1-2H3,(H,19,24)(H,20,23)/t15-/m0/s1. The van der Waals surface area contributed by atoms with Gasteiger partial charge in [-0.3, -0.25) is 4.79 Å². The molecule has 1 aromatic carbocycles. The number of carbonyl (C=O) groups excluding carboxylic acids is 2. The third kappa shape index (κ3) is 5.63. The van der Waals surface area contributed by atoms with Crippen LogP contribution < -0.4 is 15.4 Å². The lowest BCUT2D eigenvalue weighted by Gasteiger charge is -2.32. The summed E-state index contributed by atoms with van der Waals surface area (Å²) in [7, 11) is 0. The van der Waals surface area contributed by atoms with Crippen molar-refractivity contribution in [1.29, 1.82) is 0 Å². The molecule has 0 bridgehead atoms. The van der Waals surface area contributed by atoms with Crippen LogP contribution in [0.5, 0.6) is 5.75 Å². The Morgan fingerprint density at radius 3 is 2.64 bits per heavy atom. The summed E-state index contributed by atoms with van der Waals surface area (Å²) in [5, 5.41) is 15.6. The minimum Gasteiger partial charge on any atom is -0.490 e. The van der Waals surface area contributed by atoms with Gasteiger partial charge in [-0.25, -0.2) is 4.79 Å². The number of ether oxygens (including phenoxy) is 1. The second-order valence-electron chi connectivity index (χ2n) is 6.20. The van der Waals surface area contributed by atoms with Crippen LogP contribution in [0, 0.1) is 6.92 Å². The van der Waals surface area contributed by atoms with Crippen LogP contribution in [0.25, 0.3) is 0 Å². The number of rotatable bonds is 6. The van der Waals surface area contributed by atoms with Gasteiger partial charge in [0.25, 0.3) is 5.91 Å². The summed E-state index contributed by atoms with van der Waals surface area (Å²) in [6.07, 6.45) is 0.128. The highest BCUT2D eigenvalue weighted by molar-refractivity contribution is 5.81. The van der Waals surface area contributed by atoms with Gasteiger partial charge in [0, 0.05) is 25.7 Å². The van der Waals surface area contributed by atoms with Crippen LogP contribution in [0.2, 0.25) is 0 Å². The minimum absolute atomic E-state index is 0.0358. The topological polar surface area (TPSA) is 90.9 Å². The van der Waals surface area contributed by atoms with E-state index in [0.717, 1.165) is 5.56 Å². The van der Waals surface area contributed by atoms with Crippen LogP contribution in [-0.4, -0.2) is 60.3 Å². The highest BCUT2D eigenvalue weighted by Gasteiger charge is 2.25. The van der Waals surface area contributed by atoms with Gasteiger partial charge in [0.15, 0.2) is 6.10 Å². The maximum atomic E-state index is 12.1. The molecule has 0 aliphatic carbocycles. The first-order valence-electron chi connectivity index (χ1n) is 8.71. The van der Waals surface area contributed by atoms with E-state index in [4.69, 9.17) is 4.74 Å². The predicted octanol–water partition coefficient (Wildman–Crippen LogP) is 1.04. The summed E-state index contributed by atoms with van der Waals surface area (Å²) in [5.41, 5.74) is 0.952. The van der Waals surface area contributed by atoms with E-state index in [1.165, 1.54) is 0 Å². The van der Waals surface area contributed by atoms with Gasteiger partial charge >= 0.3 is 6.03 Å². The van der Waals surface area contributed by atoms with Gasteiger partial charge in [-0.1, -0.05) is 18.2 Å². The van der Waals surface area contributed by atoms with E-state index in [2.05, 4.69) is 10.6 Å². The molecule has 1 saturated heterocycles. The van der Waals surface area contributed by atoms with Gasteiger partial charge in [0.2, 0.25) is 0 Å². The van der Waals surface area contributed by atoms with Crippen molar-refractivity contribution in [1.82, 2.24) is 15.5 Å². The van der Waals surface area contributed by atoms with Crippen molar-refractivity contribution in [2.45, 2.75) is 38.8 Å². The molecule has 0 aromatic heterocycles. The molecular weight excluding hydrogens is 322 g/mol. The predicted molar refractivity (Wildman–Crippen MR) is 94.5 cm³/mol. The van der Waals surface area contributed by atoms with Crippen LogP contribution in [-0.2, 0) is 4.79 Å². The summed E-state index contributed by atoms with van der Waals surface area (Å²) in [6, 6.07) is 7.35. The highest BCUT2D eigenvalue weighted by Crippen LogP contribution is 2.16. The Hall–Kier alpha value is -2.28. The number of piperidine rings is 1. The quantitative estimate of drug-likeness (QED) is 0.716. The van der Waals surface area contributed by atoms with Gasteiger partial charge in [0.1, 0.15) is 12.4 Å². The van der Waals surface area contributed by atoms with Gasteiger partial charge in [-0.2, -0.15) is 0 Å². The van der Waals surface area contributed by atoms with Crippen molar-refractivity contribution < 1.29 is 19.4 Å². The number of amides is 3. The van der Waals surface area contributed by atoms with Crippen LogP contribution in [0.3, 0.4) is 0 Å². The van der Waals surface area contributed by atoms with Crippen molar-refractivity contribution in [2.24, 2.45) is 0 Å². The molecule has 1 aliphatic heterocycles. The highest BCUT2D eigenvalue weighted by atomic mass is 16.5. The Morgan fingerprint density at radius 2 is 2.00 bits per heavy atom. The van der Waals surface area contributed by atoms with Gasteiger partial charge in [-0.15, -0.1) is 0 Å². The zero-order valence-electron chi connectivity index (χ0n) is 14.8. The smallest absolute Gasteiger partial charge is 0.317 e. The molecule has 1 aromatic rings. The summed E-state index contributed by atoms with van der Waals surface area (Å²) in [4.78, 5) is 25.6. The van der Waals surface area contributed by atoms with E-state index >= 15 is 0 Å². The molecular formula is C18H27N3O4. The molecule has 7 nitrogen and oxygen atoms in total. The SMILES string of the molecule is CCNC(=O)N1CCC(NC(=O)[C@@H](O)COc2ccccc2C)CC1. The molecule has 1 fully saturated rings. The first-order valence-corrected chi connectivity index (χ1v) is 8.71. The molecule has 0 unspecified atom stereocenters. The first-order chi connectivity index (χ1) is 12.0. The Kier molecular flexibility index (Phi) is 7.06. The molecule has 1 heterocycles. The number of likely N-dealkylation sites (tertiary alicyclic amines) is 1. The van der Waals surface area contributed by atoms with Crippen molar-refractivity contribution >= 4 is 11.9 Å². The molecule has 1 atom stereocenters. The summed E-state index contributed by atoms with van der Waals surface area (Å²) < 4.78 is 5.51. The Balaban J connectivity index is 1.73. The monoisotopic (exact) mass is 349 g/mol. The zero-order chi connectivity index (χ0) is 18.2. The van der Waals surface area contributed by atoms with Crippen LogP contribution in [0.4, 0.5) is 4.79 Å². The maximum absolute atomic E-state index is 12.1. The molecule has 0 spiro atoms. The normalized spacial score (nSPS) is 16.2. The minimum atomic E-state index is -1.22. The van der Waals surface area contributed by atoms with E-state index in [1.807, 2.05) is 32.0 Å². The number of para-hydroxylation sites is 1. The van der Waals surface area contributed by atoms with E-state index in [-0.39, 0.29) is 18.7 Å². The van der Waals surface area contributed by atoms with Crippen molar-refractivity contribution in [3.05, 3.63) is 29.8 Å². The number of nitrogens with zero attached hydrogens (tertiary/aromatic N) is 1. The number of carbonyl (C=O) groups is 2. The fraction of sp³-hybridized carbons (Fsp3) is 0.556. The molecule has 25 heavy (non-hydrogen) atoms. The van der Waals surface area contributed by atoms with Gasteiger partial charge in [0.05, 0.1) is 0 Å². The first kappa shape index (κ1) is 19.1. The lowest BCUT2D eigenvalue weighted by atomic mass is 10.1. The van der Waals surface area contributed by atoms with E-state index < -0.39 is 12.0 Å². The zero-order valence-corrected chi connectivity index (χ0v) is 14.8. The number of hydrogen-bond acceptors (Lipinski definition) is 4. The number of aliphatic hydroxyl groups excluding tert-OH is 1. The molecule has 0 saturated carbocycles.